The first-order valence-corrected chi connectivity index (χ1v) is 11.0. The van der Waals surface area contributed by atoms with Gasteiger partial charge in [-0.1, -0.05) is 0 Å². The SMILES string of the molecule is [CH2][CH](C)[SnH]([CH3])[CH3]. The van der Waals surface area contributed by atoms with Crippen LogP contribution in [0.3, 0.4) is 0 Å². The Labute approximate surface area is 47.7 Å². The quantitative estimate of drug-likeness (QED) is 0.554. The summed E-state index contributed by atoms with van der Waals surface area (Å²) in [6, 6.07) is 0. The van der Waals surface area contributed by atoms with Gasteiger partial charge in [0.1, 0.15) is 0 Å². The normalized spacial score (nSPS) is 11.0. The summed E-state index contributed by atoms with van der Waals surface area (Å²) in [5.74, 6) is 0. The van der Waals surface area contributed by atoms with E-state index in [2.05, 4.69) is 23.7 Å². The summed E-state index contributed by atoms with van der Waals surface area (Å²) in [4.78, 5) is 4.78. The van der Waals surface area contributed by atoms with Crippen LogP contribution < -0.4 is 0 Å². The van der Waals surface area contributed by atoms with E-state index >= 15 is 0 Å². The molecule has 0 aliphatic rings. The van der Waals surface area contributed by atoms with Crippen LogP contribution in [0.15, 0.2) is 0 Å². The molecule has 0 rings (SSSR count). The van der Waals surface area contributed by atoms with Crippen LogP contribution in [0.5, 0.6) is 0 Å². The van der Waals surface area contributed by atoms with Crippen LogP contribution in [0.4, 0.5) is 0 Å². The minimum atomic E-state index is -0.916. The van der Waals surface area contributed by atoms with Gasteiger partial charge in [-0.05, 0) is 0 Å². The van der Waals surface area contributed by atoms with Crippen molar-refractivity contribution in [1.29, 1.82) is 0 Å². The van der Waals surface area contributed by atoms with Crippen LogP contribution in [-0.2, 0) is 0 Å². The van der Waals surface area contributed by atoms with Crippen LogP contribution in [0.25, 0.3) is 0 Å². The van der Waals surface area contributed by atoms with Crippen molar-refractivity contribution in [3.63, 3.8) is 0 Å². The molecule has 0 saturated carbocycles. The third kappa shape index (κ3) is 3.01. The van der Waals surface area contributed by atoms with E-state index in [4.69, 9.17) is 0 Å². The second-order valence-corrected chi connectivity index (χ2v) is 12.6. The second kappa shape index (κ2) is 2.89. The molecule has 0 aromatic heterocycles. The fraction of sp³-hybridized carbons (Fsp3) is 0.800. The molecule has 0 saturated heterocycles. The van der Waals surface area contributed by atoms with Gasteiger partial charge in [-0.3, -0.25) is 0 Å². The van der Waals surface area contributed by atoms with Gasteiger partial charge in [0.15, 0.2) is 0 Å². The van der Waals surface area contributed by atoms with Crippen molar-refractivity contribution in [2.45, 2.75) is 20.7 Å². The molecular formula is C5H13Sn. The zero-order valence-corrected chi connectivity index (χ0v) is 8.16. The molecule has 37 valence electrons. The molecule has 0 fully saturated rings. The number of hydrogen-bond donors (Lipinski definition) is 0. The Morgan fingerprint density at radius 3 is 1.67 bits per heavy atom. The summed E-state index contributed by atoms with van der Waals surface area (Å²) in [5, 5.41) is 0. The Morgan fingerprint density at radius 2 is 1.67 bits per heavy atom. The first-order chi connectivity index (χ1) is 2.64. The monoisotopic (exact) mass is 193 g/mol. The van der Waals surface area contributed by atoms with Crippen molar-refractivity contribution in [2.24, 2.45) is 0 Å². The molecule has 0 heterocycles. The van der Waals surface area contributed by atoms with E-state index < -0.39 is 19.8 Å². The minimum absolute atomic E-state index is 0.812. The van der Waals surface area contributed by atoms with Gasteiger partial charge >= 0.3 is 47.4 Å². The molecule has 0 aliphatic heterocycles. The summed E-state index contributed by atoms with van der Waals surface area (Å²) in [7, 11) is 0. The Hall–Kier alpha value is 0.799. The molecule has 1 heteroatoms. The summed E-state index contributed by atoms with van der Waals surface area (Å²) in [6.45, 7) is 6.15. The zero-order chi connectivity index (χ0) is 5.15. The number of rotatable bonds is 1. The molecule has 0 N–H and O–H groups in total. The summed E-state index contributed by atoms with van der Waals surface area (Å²) in [6.07, 6.45) is 0. The molecule has 0 aromatic carbocycles. The van der Waals surface area contributed by atoms with Crippen molar-refractivity contribution in [3.05, 3.63) is 6.92 Å². The molecule has 0 aromatic rings. The van der Waals surface area contributed by atoms with Crippen LogP contribution >= 0.6 is 0 Å². The molecule has 1 unspecified atom stereocenters. The second-order valence-electron chi connectivity index (χ2n) is 2.22. The molecular weight excluding hydrogens is 179 g/mol. The fourth-order valence-corrected chi connectivity index (χ4v) is 0. The van der Waals surface area contributed by atoms with Gasteiger partial charge in [0.05, 0.1) is 0 Å². The third-order valence-electron chi connectivity index (χ3n) is 1.14. The van der Waals surface area contributed by atoms with E-state index in [9.17, 15) is 0 Å². The van der Waals surface area contributed by atoms with Gasteiger partial charge in [0, 0.05) is 0 Å². The molecule has 0 amide bonds. The van der Waals surface area contributed by atoms with Crippen molar-refractivity contribution in [3.8, 4) is 0 Å². The van der Waals surface area contributed by atoms with Gasteiger partial charge in [-0.25, -0.2) is 0 Å². The Morgan fingerprint density at radius 1 is 1.50 bits per heavy atom. The van der Waals surface area contributed by atoms with Crippen molar-refractivity contribution < 1.29 is 0 Å². The zero-order valence-electron chi connectivity index (χ0n) is 4.86. The topological polar surface area (TPSA) is 0 Å². The van der Waals surface area contributed by atoms with Gasteiger partial charge in [0.25, 0.3) is 0 Å². The maximum atomic E-state index is 3.93. The van der Waals surface area contributed by atoms with Gasteiger partial charge in [-0.2, -0.15) is 0 Å². The maximum absolute atomic E-state index is 3.93. The van der Waals surface area contributed by atoms with E-state index in [0.717, 1.165) is 3.93 Å². The number of hydrogen-bond acceptors (Lipinski definition) is 0. The molecule has 1 atom stereocenters. The van der Waals surface area contributed by atoms with E-state index in [0.29, 0.717) is 0 Å². The summed E-state index contributed by atoms with van der Waals surface area (Å²) in [5.41, 5.74) is 0. The average molecular weight is 192 g/mol. The Balaban J connectivity index is 2.99. The van der Waals surface area contributed by atoms with Crippen molar-refractivity contribution >= 4 is 19.8 Å². The van der Waals surface area contributed by atoms with E-state index in [-0.39, 0.29) is 0 Å². The van der Waals surface area contributed by atoms with Gasteiger partial charge < -0.3 is 0 Å². The van der Waals surface area contributed by atoms with Crippen LogP contribution in [0.2, 0.25) is 13.8 Å². The first-order valence-electron chi connectivity index (χ1n) is 2.47. The average Bonchev–Trinajstić information content (AvgIpc) is 1.36. The standard InChI is InChI=1S/C3H6.2CH3.Sn.H/c1-3-2;;;;/h3H,1H2,2H3;2*1H3;;. The molecule has 6 heavy (non-hydrogen) atoms. The van der Waals surface area contributed by atoms with Gasteiger partial charge in [-0.15, -0.1) is 0 Å². The molecule has 1 radical (unpaired) electrons. The summed E-state index contributed by atoms with van der Waals surface area (Å²) < 4.78 is 0.812. The third-order valence-corrected chi connectivity index (χ3v) is 7.63. The van der Waals surface area contributed by atoms with Crippen LogP contribution in [0.1, 0.15) is 6.92 Å². The van der Waals surface area contributed by atoms with Crippen molar-refractivity contribution in [2.75, 3.05) is 0 Å². The fourth-order valence-electron chi connectivity index (χ4n) is 0. The predicted molar refractivity (Wildman–Crippen MR) is 33.7 cm³/mol. The first kappa shape index (κ1) is 6.80. The molecule has 0 bridgehead atoms. The Kier molecular flexibility index (Phi) is 3.27. The molecule has 0 nitrogen and oxygen atoms in total. The van der Waals surface area contributed by atoms with E-state index in [1.807, 2.05) is 0 Å². The van der Waals surface area contributed by atoms with Gasteiger partial charge in [0.2, 0.25) is 0 Å². The molecule has 0 aliphatic carbocycles. The molecule has 0 spiro atoms. The van der Waals surface area contributed by atoms with Crippen LogP contribution in [0, 0.1) is 6.92 Å². The van der Waals surface area contributed by atoms with Crippen molar-refractivity contribution in [1.82, 2.24) is 0 Å². The summed E-state index contributed by atoms with van der Waals surface area (Å²) >= 11 is -0.916. The van der Waals surface area contributed by atoms with Crippen LogP contribution in [-0.4, -0.2) is 19.8 Å². The van der Waals surface area contributed by atoms with E-state index in [1.165, 1.54) is 0 Å². The Bertz CT molecular complexity index is 24.9. The predicted octanol–water partition coefficient (Wildman–Crippen LogP) is 1.70. The van der Waals surface area contributed by atoms with E-state index in [1.54, 1.807) is 0 Å².